The van der Waals surface area contributed by atoms with Crippen molar-refractivity contribution in [3.05, 3.63) is 59.2 Å². The number of ether oxygens (including phenoxy) is 2. The largest absolute Gasteiger partial charge is 0.493 e. The quantitative estimate of drug-likeness (QED) is 0.417. The number of hydrogen-bond acceptors (Lipinski definition) is 6. The third kappa shape index (κ3) is 3.42. The molecule has 0 unspecified atom stereocenters. The molecule has 30 heavy (non-hydrogen) atoms. The molecule has 0 radical (unpaired) electrons. The molecule has 0 atom stereocenters. The van der Waals surface area contributed by atoms with Crippen LogP contribution in [0.3, 0.4) is 0 Å². The van der Waals surface area contributed by atoms with Gasteiger partial charge in [-0.05, 0) is 35.7 Å². The zero-order chi connectivity index (χ0) is 21.3. The number of carbonyl (C=O) groups is 1. The lowest BCUT2D eigenvalue weighted by molar-refractivity contribution is -0.114. The summed E-state index contributed by atoms with van der Waals surface area (Å²) >= 11 is 1.31. The van der Waals surface area contributed by atoms with Crippen LogP contribution >= 0.6 is 11.8 Å². The number of benzene rings is 2. The Morgan fingerprint density at radius 2 is 1.93 bits per heavy atom. The third-order valence-corrected chi connectivity index (χ3v) is 6.22. The lowest BCUT2D eigenvalue weighted by atomic mass is 9.94. The summed E-state index contributed by atoms with van der Waals surface area (Å²) < 4.78 is 10.9. The Morgan fingerprint density at radius 3 is 2.63 bits per heavy atom. The Hall–Kier alpha value is -3.30. The molecule has 150 valence electrons. The molecule has 1 aromatic heterocycles. The first-order valence-corrected chi connectivity index (χ1v) is 10.5. The molecule has 1 heterocycles. The predicted octanol–water partition coefficient (Wildman–Crippen LogP) is 4.89. The SMILES string of the molecule is COc1ccc(-c2c(C#N)c(SCC(C)=O)nc3c2Cc2ccccc2-3)cc1OC. The van der Waals surface area contributed by atoms with Gasteiger partial charge in [0.1, 0.15) is 16.9 Å². The molecule has 3 aromatic rings. The predicted molar refractivity (Wildman–Crippen MR) is 117 cm³/mol. The maximum atomic E-state index is 11.6. The van der Waals surface area contributed by atoms with Crippen molar-refractivity contribution in [1.29, 1.82) is 5.26 Å². The molecular formula is C24H20N2O3S. The molecule has 0 spiro atoms. The van der Waals surface area contributed by atoms with Crippen LogP contribution in [0.4, 0.5) is 0 Å². The van der Waals surface area contributed by atoms with Crippen LogP contribution in [0.25, 0.3) is 22.4 Å². The smallest absolute Gasteiger partial charge is 0.161 e. The van der Waals surface area contributed by atoms with Crippen LogP contribution in [-0.4, -0.2) is 30.7 Å². The summed E-state index contributed by atoms with van der Waals surface area (Å²) in [4.78, 5) is 16.4. The third-order valence-electron chi connectivity index (χ3n) is 5.10. The van der Waals surface area contributed by atoms with Gasteiger partial charge in [-0.2, -0.15) is 5.26 Å². The molecule has 4 rings (SSSR count). The fourth-order valence-electron chi connectivity index (χ4n) is 3.78. The van der Waals surface area contributed by atoms with E-state index in [0.29, 0.717) is 28.5 Å². The average molecular weight is 417 g/mol. The number of Topliss-reactive ketones (excluding diaryl/α,β-unsaturated/α-hetero) is 1. The lowest BCUT2D eigenvalue weighted by Gasteiger charge is -2.16. The highest BCUT2D eigenvalue weighted by molar-refractivity contribution is 8.00. The minimum Gasteiger partial charge on any atom is -0.493 e. The van der Waals surface area contributed by atoms with Gasteiger partial charge in [-0.1, -0.05) is 42.1 Å². The highest BCUT2D eigenvalue weighted by Gasteiger charge is 2.28. The van der Waals surface area contributed by atoms with E-state index in [0.717, 1.165) is 27.9 Å². The van der Waals surface area contributed by atoms with Crippen molar-refractivity contribution in [2.24, 2.45) is 0 Å². The Morgan fingerprint density at radius 1 is 1.17 bits per heavy atom. The Labute approximate surface area is 179 Å². The van der Waals surface area contributed by atoms with Crippen molar-refractivity contribution in [2.45, 2.75) is 18.4 Å². The Balaban J connectivity index is 1.99. The Bertz CT molecular complexity index is 1200. The maximum Gasteiger partial charge on any atom is 0.161 e. The van der Waals surface area contributed by atoms with Gasteiger partial charge in [-0.3, -0.25) is 4.79 Å². The van der Waals surface area contributed by atoms with Crippen LogP contribution in [0, 0.1) is 11.3 Å². The van der Waals surface area contributed by atoms with Gasteiger partial charge in [0.2, 0.25) is 0 Å². The van der Waals surface area contributed by atoms with Crippen LogP contribution in [0.15, 0.2) is 47.5 Å². The van der Waals surface area contributed by atoms with Gasteiger partial charge in [0.05, 0.1) is 31.2 Å². The van der Waals surface area contributed by atoms with E-state index in [2.05, 4.69) is 18.2 Å². The summed E-state index contributed by atoms with van der Waals surface area (Å²) in [5.41, 5.74) is 6.33. The molecule has 0 fully saturated rings. The lowest BCUT2D eigenvalue weighted by Crippen LogP contribution is -2.02. The number of aromatic nitrogens is 1. The van der Waals surface area contributed by atoms with Gasteiger partial charge in [0.15, 0.2) is 11.5 Å². The maximum absolute atomic E-state index is 11.6. The summed E-state index contributed by atoms with van der Waals surface area (Å²) in [6, 6.07) is 16.1. The number of methoxy groups -OCH3 is 2. The number of rotatable bonds is 6. The van der Waals surface area contributed by atoms with Gasteiger partial charge in [-0.25, -0.2) is 4.98 Å². The number of thioether (sulfide) groups is 1. The number of fused-ring (bicyclic) bond motifs is 3. The van der Waals surface area contributed by atoms with Gasteiger partial charge in [-0.15, -0.1) is 0 Å². The van der Waals surface area contributed by atoms with E-state index < -0.39 is 0 Å². The van der Waals surface area contributed by atoms with Gasteiger partial charge < -0.3 is 9.47 Å². The van der Waals surface area contributed by atoms with Crippen LogP contribution in [0.5, 0.6) is 11.5 Å². The highest BCUT2D eigenvalue weighted by Crippen LogP contribution is 2.45. The number of nitrogens with zero attached hydrogens (tertiary/aromatic N) is 2. The zero-order valence-corrected chi connectivity index (χ0v) is 17.8. The molecule has 0 saturated carbocycles. The van der Waals surface area contributed by atoms with Crippen LogP contribution in [0.1, 0.15) is 23.6 Å². The molecule has 5 nitrogen and oxygen atoms in total. The molecule has 0 saturated heterocycles. The van der Waals surface area contributed by atoms with Crippen molar-refractivity contribution in [1.82, 2.24) is 4.98 Å². The first-order valence-electron chi connectivity index (χ1n) is 9.47. The summed E-state index contributed by atoms with van der Waals surface area (Å²) in [5.74, 6) is 1.53. The van der Waals surface area contributed by atoms with E-state index in [-0.39, 0.29) is 11.5 Å². The number of pyridine rings is 1. The number of carbonyl (C=O) groups excluding carboxylic acids is 1. The second-order valence-electron chi connectivity index (χ2n) is 7.00. The van der Waals surface area contributed by atoms with E-state index in [1.54, 1.807) is 14.2 Å². The van der Waals surface area contributed by atoms with Crippen molar-refractivity contribution in [2.75, 3.05) is 20.0 Å². The number of hydrogen-bond donors (Lipinski definition) is 0. The van der Waals surface area contributed by atoms with Crippen molar-refractivity contribution < 1.29 is 14.3 Å². The van der Waals surface area contributed by atoms with Crippen molar-refractivity contribution in [3.63, 3.8) is 0 Å². The number of nitriles is 1. The molecule has 6 heteroatoms. The second-order valence-corrected chi connectivity index (χ2v) is 7.96. The molecular weight excluding hydrogens is 396 g/mol. The molecule has 2 aromatic carbocycles. The molecule has 0 amide bonds. The van der Waals surface area contributed by atoms with Gasteiger partial charge >= 0.3 is 0 Å². The minimum absolute atomic E-state index is 0.0410. The first kappa shape index (κ1) is 20.0. The van der Waals surface area contributed by atoms with Crippen molar-refractivity contribution in [3.8, 4) is 40.0 Å². The second kappa shape index (κ2) is 8.21. The van der Waals surface area contributed by atoms with Gasteiger partial charge in [0.25, 0.3) is 0 Å². The standard InChI is InChI=1S/C24H20N2O3S/c1-14(27)13-30-24-19(12-25)22(16-8-9-20(28-2)21(11-16)29-3)18-10-15-6-4-5-7-17(15)23(18)26-24/h4-9,11H,10,13H2,1-3H3. The molecule has 1 aliphatic rings. The van der Waals surface area contributed by atoms with Crippen LogP contribution in [-0.2, 0) is 11.2 Å². The van der Waals surface area contributed by atoms with Crippen molar-refractivity contribution >= 4 is 17.5 Å². The highest BCUT2D eigenvalue weighted by atomic mass is 32.2. The normalized spacial score (nSPS) is 11.4. The first-order chi connectivity index (χ1) is 14.6. The topological polar surface area (TPSA) is 72.2 Å². The minimum atomic E-state index is 0.0410. The fraction of sp³-hybridized carbons (Fsp3) is 0.208. The van der Waals surface area contributed by atoms with E-state index in [1.165, 1.54) is 24.2 Å². The van der Waals surface area contributed by atoms with E-state index >= 15 is 0 Å². The summed E-state index contributed by atoms with van der Waals surface area (Å²) in [7, 11) is 3.18. The fourth-order valence-corrected chi connectivity index (χ4v) is 4.57. The van der Waals surface area contributed by atoms with E-state index in [1.807, 2.05) is 30.3 Å². The molecule has 0 aliphatic heterocycles. The zero-order valence-electron chi connectivity index (χ0n) is 17.0. The molecule has 0 bridgehead atoms. The molecule has 1 aliphatic carbocycles. The summed E-state index contributed by atoms with van der Waals surface area (Å²) in [6.45, 7) is 1.54. The summed E-state index contributed by atoms with van der Waals surface area (Å²) in [6.07, 6.45) is 0.703. The average Bonchev–Trinajstić information content (AvgIpc) is 3.14. The molecule has 0 N–H and O–H groups in total. The van der Waals surface area contributed by atoms with Crippen LogP contribution in [0.2, 0.25) is 0 Å². The summed E-state index contributed by atoms with van der Waals surface area (Å²) in [5, 5.41) is 10.6. The monoisotopic (exact) mass is 416 g/mol. The van der Waals surface area contributed by atoms with E-state index in [9.17, 15) is 10.1 Å². The number of ketones is 1. The van der Waals surface area contributed by atoms with Gasteiger partial charge in [0, 0.05) is 17.5 Å². The van der Waals surface area contributed by atoms with E-state index in [4.69, 9.17) is 14.5 Å². The van der Waals surface area contributed by atoms with Crippen LogP contribution < -0.4 is 9.47 Å². The Kier molecular flexibility index (Phi) is 5.47.